The average Bonchev–Trinajstić information content (AvgIpc) is 2.77. The van der Waals surface area contributed by atoms with Gasteiger partial charge in [-0.15, -0.1) is 0 Å². The molecule has 1 aromatic rings. The van der Waals surface area contributed by atoms with Crippen LogP contribution >= 0.6 is 0 Å². The number of piperidine rings is 2. The van der Waals surface area contributed by atoms with E-state index in [1.54, 1.807) is 0 Å². The van der Waals surface area contributed by atoms with Crippen molar-refractivity contribution in [2.24, 2.45) is 4.99 Å². The van der Waals surface area contributed by atoms with Crippen LogP contribution in [0.15, 0.2) is 35.3 Å². The van der Waals surface area contributed by atoms with E-state index in [9.17, 15) is 0 Å². The van der Waals surface area contributed by atoms with Gasteiger partial charge in [0.25, 0.3) is 0 Å². The maximum Gasteiger partial charge on any atom is 0.193 e. The Morgan fingerprint density at radius 1 is 1.10 bits per heavy atom. The number of nitrogens with one attached hydrogen (secondary N) is 1. The van der Waals surface area contributed by atoms with Gasteiger partial charge in [-0.05, 0) is 71.0 Å². The molecule has 2 heterocycles. The summed E-state index contributed by atoms with van der Waals surface area (Å²) >= 11 is 0. The summed E-state index contributed by atoms with van der Waals surface area (Å²) in [6.45, 7) is 7.25. The first-order valence-corrected chi connectivity index (χ1v) is 11.2. The van der Waals surface area contributed by atoms with E-state index in [4.69, 9.17) is 4.74 Å². The Bertz CT molecular complexity index is 621. The first kappa shape index (κ1) is 21.9. The highest BCUT2D eigenvalue weighted by molar-refractivity contribution is 5.79. The number of likely N-dealkylation sites (N-methyl/N-ethyl adjacent to an activating group) is 1. The molecule has 0 saturated carbocycles. The molecule has 0 spiro atoms. The molecular formula is C23H39N5O. The van der Waals surface area contributed by atoms with Gasteiger partial charge in [0, 0.05) is 26.2 Å². The van der Waals surface area contributed by atoms with Crippen LogP contribution in [0.5, 0.6) is 5.75 Å². The van der Waals surface area contributed by atoms with Crippen molar-refractivity contribution >= 4 is 5.96 Å². The first-order chi connectivity index (χ1) is 14.1. The van der Waals surface area contributed by atoms with Crippen LogP contribution in [0.2, 0.25) is 0 Å². The molecule has 6 nitrogen and oxygen atoms in total. The van der Waals surface area contributed by atoms with Crippen molar-refractivity contribution in [3.05, 3.63) is 30.3 Å². The quantitative estimate of drug-likeness (QED) is 0.562. The van der Waals surface area contributed by atoms with Gasteiger partial charge in [-0.1, -0.05) is 24.6 Å². The predicted octanol–water partition coefficient (Wildman–Crippen LogP) is 2.52. The lowest BCUT2D eigenvalue weighted by Gasteiger charge is -2.50. The number of likely N-dealkylation sites (tertiary alicyclic amines) is 2. The molecule has 0 radical (unpaired) electrons. The highest BCUT2D eigenvalue weighted by Crippen LogP contribution is 2.30. The second kappa shape index (κ2) is 10.8. The lowest BCUT2D eigenvalue weighted by Crippen LogP contribution is -2.62. The van der Waals surface area contributed by atoms with Crippen molar-refractivity contribution < 1.29 is 4.74 Å². The van der Waals surface area contributed by atoms with E-state index in [0.29, 0.717) is 6.61 Å². The maximum atomic E-state index is 5.85. The molecule has 0 atom stereocenters. The second-order valence-corrected chi connectivity index (χ2v) is 8.56. The maximum absolute atomic E-state index is 5.85. The first-order valence-electron chi connectivity index (χ1n) is 11.2. The van der Waals surface area contributed by atoms with Crippen molar-refractivity contribution in [3.63, 3.8) is 0 Å². The zero-order chi connectivity index (χ0) is 20.5. The summed E-state index contributed by atoms with van der Waals surface area (Å²) < 4.78 is 5.85. The van der Waals surface area contributed by atoms with E-state index in [2.05, 4.69) is 39.1 Å². The molecule has 0 aliphatic carbocycles. The summed E-state index contributed by atoms with van der Waals surface area (Å²) in [6, 6.07) is 10.00. The van der Waals surface area contributed by atoms with Crippen LogP contribution in [0, 0.1) is 0 Å². The fourth-order valence-electron chi connectivity index (χ4n) is 4.56. The van der Waals surface area contributed by atoms with Gasteiger partial charge in [0.2, 0.25) is 0 Å². The Balaban J connectivity index is 1.53. The lowest BCUT2D eigenvalue weighted by molar-refractivity contribution is 0.0170. The SMILES string of the molecule is CN=C(NCC1(N2CCCCC2)CCN(C)CC1)N(C)CCOc1ccccc1. The van der Waals surface area contributed by atoms with Crippen molar-refractivity contribution in [3.8, 4) is 5.75 Å². The van der Waals surface area contributed by atoms with Gasteiger partial charge < -0.3 is 19.9 Å². The van der Waals surface area contributed by atoms with Crippen LogP contribution in [0.3, 0.4) is 0 Å². The highest BCUT2D eigenvalue weighted by atomic mass is 16.5. The molecule has 162 valence electrons. The standard InChI is InChI=1S/C23H39N5O/c1-24-22(27(3)18-19-29-21-10-6-4-7-11-21)25-20-23(12-16-26(2)17-13-23)28-14-8-5-9-15-28/h4,6-7,10-11H,5,8-9,12-20H2,1-3H3,(H,24,25). The lowest BCUT2D eigenvalue weighted by atomic mass is 9.84. The summed E-state index contributed by atoms with van der Waals surface area (Å²) in [6.07, 6.45) is 6.51. The molecule has 2 saturated heterocycles. The molecule has 2 aliphatic heterocycles. The molecule has 29 heavy (non-hydrogen) atoms. The fraction of sp³-hybridized carbons (Fsp3) is 0.696. The summed E-state index contributed by atoms with van der Waals surface area (Å²) in [5.74, 6) is 1.87. The Morgan fingerprint density at radius 2 is 1.79 bits per heavy atom. The number of guanidine groups is 1. The third-order valence-electron chi connectivity index (χ3n) is 6.53. The molecule has 1 N–H and O–H groups in total. The number of hydrogen-bond acceptors (Lipinski definition) is 4. The third-order valence-corrected chi connectivity index (χ3v) is 6.53. The van der Waals surface area contributed by atoms with Gasteiger partial charge in [-0.25, -0.2) is 0 Å². The minimum Gasteiger partial charge on any atom is -0.492 e. The number of rotatable bonds is 7. The molecule has 3 rings (SSSR count). The van der Waals surface area contributed by atoms with E-state index < -0.39 is 0 Å². The molecular weight excluding hydrogens is 362 g/mol. The molecule has 1 aromatic carbocycles. The van der Waals surface area contributed by atoms with Gasteiger partial charge >= 0.3 is 0 Å². The Morgan fingerprint density at radius 3 is 2.45 bits per heavy atom. The largest absolute Gasteiger partial charge is 0.492 e. The van der Waals surface area contributed by atoms with Crippen molar-refractivity contribution in [2.75, 3.05) is 67.0 Å². The van der Waals surface area contributed by atoms with Gasteiger partial charge in [0.15, 0.2) is 5.96 Å². The van der Waals surface area contributed by atoms with Crippen LogP contribution in [0.1, 0.15) is 32.1 Å². The Kier molecular flexibility index (Phi) is 8.19. The van der Waals surface area contributed by atoms with Gasteiger partial charge in [-0.3, -0.25) is 9.89 Å². The second-order valence-electron chi connectivity index (χ2n) is 8.56. The number of hydrogen-bond donors (Lipinski definition) is 1. The summed E-state index contributed by atoms with van der Waals surface area (Å²) in [5, 5.41) is 3.70. The van der Waals surface area contributed by atoms with Crippen molar-refractivity contribution in [2.45, 2.75) is 37.6 Å². The Hall–Kier alpha value is -1.79. The summed E-state index contributed by atoms with van der Waals surface area (Å²) in [7, 11) is 6.21. The van der Waals surface area contributed by atoms with E-state index in [-0.39, 0.29) is 5.54 Å². The van der Waals surface area contributed by atoms with E-state index >= 15 is 0 Å². The number of ether oxygens (including phenoxy) is 1. The normalized spacial score (nSPS) is 21.0. The smallest absolute Gasteiger partial charge is 0.193 e. The summed E-state index contributed by atoms with van der Waals surface area (Å²) in [5.41, 5.74) is 0.254. The van der Waals surface area contributed by atoms with Crippen molar-refractivity contribution in [1.29, 1.82) is 0 Å². The predicted molar refractivity (Wildman–Crippen MR) is 121 cm³/mol. The van der Waals surface area contributed by atoms with Crippen LogP contribution in [-0.2, 0) is 0 Å². The zero-order valence-corrected chi connectivity index (χ0v) is 18.6. The zero-order valence-electron chi connectivity index (χ0n) is 18.6. The number of nitrogens with zero attached hydrogens (tertiary/aromatic N) is 4. The number of aliphatic imine (C=N–C) groups is 1. The molecule has 0 amide bonds. The van der Waals surface area contributed by atoms with E-state index in [1.807, 2.05) is 37.4 Å². The van der Waals surface area contributed by atoms with Crippen molar-refractivity contribution in [1.82, 2.24) is 20.0 Å². The molecule has 0 aromatic heterocycles. The molecule has 0 unspecified atom stereocenters. The number of para-hydroxylation sites is 1. The Labute approximate surface area is 176 Å². The topological polar surface area (TPSA) is 43.3 Å². The highest BCUT2D eigenvalue weighted by Gasteiger charge is 2.39. The molecule has 2 aliphatic rings. The third kappa shape index (κ3) is 6.09. The minimum atomic E-state index is 0.254. The fourth-order valence-corrected chi connectivity index (χ4v) is 4.56. The van der Waals surface area contributed by atoms with Crippen LogP contribution in [-0.4, -0.2) is 93.2 Å². The molecule has 6 heteroatoms. The minimum absolute atomic E-state index is 0.254. The van der Waals surface area contributed by atoms with Crippen LogP contribution < -0.4 is 10.1 Å². The van der Waals surface area contributed by atoms with Gasteiger partial charge in [0.05, 0.1) is 6.54 Å². The van der Waals surface area contributed by atoms with Crippen LogP contribution in [0.4, 0.5) is 0 Å². The average molecular weight is 402 g/mol. The number of benzene rings is 1. The van der Waals surface area contributed by atoms with Gasteiger partial charge in [-0.2, -0.15) is 0 Å². The monoisotopic (exact) mass is 401 g/mol. The summed E-state index contributed by atoms with van der Waals surface area (Å²) in [4.78, 5) is 11.9. The molecule has 0 bridgehead atoms. The van der Waals surface area contributed by atoms with Crippen LogP contribution in [0.25, 0.3) is 0 Å². The van der Waals surface area contributed by atoms with Gasteiger partial charge in [0.1, 0.15) is 12.4 Å². The molecule has 2 fully saturated rings. The van der Waals surface area contributed by atoms with E-state index in [0.717, 1.165) is 24.8 Å². The van der Waals surface area contributed by atoms with E-state index in [1.165, 1.54) is 58.3 Å².